The summed E-state index contributed by atoms with van der Waals surface area (Å²) in [5.41, 5.74) is 1.85. The van der Waals surface area contributed by atoms with Gasteiger partial charge in [-0.15, -0.1) is 11.3 Å². The number of benzene rings is 2. The van der Waals surface area contributed by atoms with Crippen LogP contribution in [0.5, 0.6) is 11.5 Å². The van der Waals surface area contributed by atoms with Crippen LogP contribution >= 0.6 is 22.9 Å². The monoisotopic (exact) mass is 460 g/mol. The maximum atomic E-state index is 12.3. The molecule has 0 spiro atoms. The zero-order valence-electron chi connectivity index (χ0n) is 17.2. The van der Waals surface area contributed by atoms with Crippen LogP contribution in [-0.4, -0.2) is 37.2 Å². The van der Waals surface area contributed by atoms with E-state index in [1.54, 1.807) is 49.9 Å². The second-order valence-corrected chi connectivity index (χ2v) is 7.76. The Morgan fingerprint density at radius 1 is 1.13 bits per heavy atom. The van der Waals surface area contributed by atoms with Crippen LogP contribution in [0.4, 0.5) is 5.69 Å². The number of esters is 1. The summed E-state index contributed by atoms with van der Waals surface area (Å²) < 4.78 is 15.8. The van der Waals surface area contributed by atoms with Gasteiger partial charge in [0.25, 0.3) is 5.91 Å². The Morgan fingerprint density at radius 3 is 2.58 bits per heavy atom. The average Bonchev–Trinajstić information content (AvgIpc) is 3.22. The lowest BCUT2D eigenvalue weighted by molar-refractivity contribution is -0.152. The number of hydrogen-bond donors (Lipinski definition) is 1. The van der Waals surface area contributed by atoms with E-state index < -0.39 is 18.0 Å². The number of thiazole rings is 1. The first-order valence-corrected chi connectivity index (χ1v) is 10.6. The van der Waals surface area contributed by atoms with Crippen molar-refractivity contribution in [1.82, 2.24) is 4.98 Å². The lowest BCUT2D eigenvalue weighted by atomic mass is 10.2. The summed E-state index contributed by atoms with van der Waals surface area (Å²) in [5.74, 6) is 0.196. The number of hydrogen-bond acceptors (Lipinski definition) is 7. The molecule has 1 unspecified atom stereocenters. The number of rotatable bonds is 8. The van der Waals surface area contributed by atoms with Gasteiger partial charge in [0, 0.05) is 10.9 Å². The topological polar surface area (TPSA) is 86.8 Å². The zero-order valence-corrected chi connectivity index (χ0v) is 18.8. The van der Waals surface area contributed by atoms with Gasteiger partial charge in [0.2, 0.25) is 0 Å². The van der Waals surface area contributed by atoms with Crippen molar-refractivity contribution in [3.63, 3.8) is 0 Å². The van der Waals surface area contributed by atoms with Gasteiger partial charge in [-0.05, 0) is 37.3 Å². The molecule has 0 aliphatic carbocycles. The minimum atomic E-state index is -0.979. The quantitative estimate of drug-likeness (QED) is 0.494. The van der Waals surface area contributed by atoms with Crippen LogP contribution in [0, 0.1) is 0 Å². The van der Waals surface area contributed by atoms with Crippen molar-refractivity contribution in [2.45, 2.75) is 19.4 Å². The third-order valence-corrected chi connectivity index (χ3v) is 5.59. The molecule has 2 aromatic carbocycles. The van der Waals surface area contributed by atoms with E-state index in [9.17, 15) is 9.59 Å². The van der Waals surface area contributed by atoms with Gasteiger partial charge in [-0.25, -0.2) is 4.98 Å². The zero-order chi connectivity index (χ0) is 22.4. The van der Waals surface area contributed by atoms with E-state index in [1.165, 1.54) is 18.3 Å². The maximum absolute atomic E-state index is 12.3. The second kappa shape index (κ2) is 10.3. The first kappa shape index (κ1) is 22.6. The number of carbonyl (C=O) groups is 2. The molecule has 0 radical (unpaired) electrons. The lowest BCUT2D eigenvalue weighted by Crippen LogP contribution is -2.30. The SMILES string of the molecule is COc1ccc(-c2nc(CC(=O)OC(C)C(=O)Nc3ccccc3Cl)cs2)cc1OC. The van der Waals surface area contributed by atoms with Crippen LogP contribution in [0.25, 0.3) is 10.6 Å². The number of nitrogens with zero attached hydrogens (tertiary/aromatic N) is 1. The summed E-state index contributed by atoms with van der Waals surface area (Å²) >= 11 is 7.43. The van der Waals surface area contributed by atoms with Crippen molar-refractivity contribution in [3.05, 3.63) is 58.6 Å². The summed E-state index contributed by atoms with van der Waals surface area (Å²) in [5, 5.41) is 5.55. The summed E-state index contributed by atoms with van der Waals surface area (Å²) in [6.45, 7) is 1.50. The Morgan fingerprint density at radius 2 is 1.87 bits per heavy atom. The van der Waals surface area contributed by atoms with Crippen molar-refractivity contribution in [2.75, 3.05) is 19.5 Å². The molecule has 31 heavy (non-hydrogen) atoms. The molecular formula is C22H21ClN2O5S. The Balaban J connectivity index is 1.59. The third-order valence-electron chi connectivity index (χ3n) is 4.32. The Labute approximate surface area is 188 Å². The molecule has 1 aromatic heterocycles. The highest BCUT2D eigenvalue weighted by Gasteiger charge is 2.20. The Bertz CT molecular complexity index is 1090. The van der Waals surface area contributed by atoms with E-state index in [4.69, 9.17) is 25.8 Å². The third kappa shape index (κ3) is 5.74. The molecule has 0 fully saturated rings. The number of nitrogens with one attached hydrogen (secondary N) is 1. The van der Waals surface area contributed by atoms with Gasteiger partial charge in [0.1, 0.15) is 5.01 Å². The molecule has 0 aliphatic rings. The van der Waals surface area contributed by atoms with Gasteiger partial charge in [-0.1, -0.05) is 23.7 Å². The van der Waals surface area contributed by atoms with Crippen LogP contribution < -0.4 is 14.8 Å². The van der Waals surface area contributed by atoms with Gasteiger partial charge in [-0.2, -0.15) is 0 Å². The predicted octanol–water partition coefficient (Wildman–Crippen LogP) is 4.59. The first-order valence-electron chi connectivity index (χ1n) is 9.33. The molecule has 9 heteroatoms. The van der Waals surface area contributed by atoms with Gasteiger partial charge in [0.05, 0.1) is 37.0 Å². The number of carbonyl (C=O) groups excluding carboxylic acids is 2. The smallest absolute Gasteiger partial charge is 0.312 e. The number of amides is 1. The van der Waals surface area contributed by atoms with Crippen molar-refractivity contribution in [1.29, 1.82) is 0 Å². The molecule has 1 atom stereocenters. The van der Waals surface area contributed by atoms with Crippen molar-refractivity contribution >= 4 is 40.5 Å². The summed E-state index contributed by atoms with van der Waals surface area (Å²) in [6.07, 6.45) is -1.03. The summed E-state index contributed by atoms with van der Waals surface area (Å²) in [7, 11) is 3.13. The molecule has 1 heterocycles. The number of halogens is 1. The minimum absolute atomic E-state index is 0.0481. The van der Waals surface area contributed by atoms with Crippen LogP contribution in [0.1, 0.15) is 12.6 Å². The molecule has 7 nitrogen and oxygen atoms in total. The van der Waals surface area contributed by atoms with Crippen LogP contribution in [0.2, 0.25) is 5.02 Å². The minimum Gasteiger partial charge on any atom is -0.493 e. The number of aromatic nitrogens is 1. The molecular weight excluding hydrogens is 440 g/mol. The lowest BCUT2D eigenvalue weighted by Gasteiger charge is -2.13. The summed E-state index contributed by atoms with van der Waals surface area (Å²) in [6, 6.07) is 12.3. The average molecular weight is 461 g/mol. The molecule has 1 N–H and O–H groups in total. The molecule has 0 saturated heterocycles. The molecule has 0 bridgehead atoms. The highest BCUT2D eigenvalue weighted by Crippen LogP contribution is 2.33. The largest absolute Gasteiger partial charge is 0.493 e. The number of anilines is 1. The maximum Gasteiger partial charge on any atom is 0.312 e. The fourth-order valence-corrected chi connectivity index (χ4v) is 3.73. The Hall–Kier alpha value is -3.10. The van der Waals surface area contributed by atoms with Gasteiger partial charge in [0.15, 0.2) is 17.6 Å². The molecule has 3 aromatic rings. The molecule has 0 saturated carbocycles. The van der Waals surface area contributed by atoms with Crippen LogP contribution in [0.3, 0.4) is 0 Å². The van der Waals surface area contributed by atoms with Gasteiger partial charge < -0.3 is 19.5 Å². The number of para-hydroxylation sites is 1. The van der Waals surface area contributed by atoms with Crippen molar-refractivity contribution < 1.29 is 23.8 Å². The predicted molar refractivity (Wildman–Crippen MR) is 120 cm³/mol. The number of ether oxygens (including phenoxy) is 3. The molecule has 0 aliphatic heterocycles. The molecule has 162 valence electrons. The molecule has 3 rings (SSSR count). The normalized spacial score (nSPS) is 11.5. The van der Waals surface area contributed by atoms with E-state index in [0.717, 1.165) is 10.6 Å². The van der Waals surface area contributed by atoms with E-state index in [0.29, 0.717) is 27.9 Å². The highest BCUT2D eigenvalue weighted by molar-refractivity contribution is 7.13. The second-order valence-electron chi connectivity index (χ2n) is 6.49. The first-order chi connectivity index (χ1) is 14.9. The van der Waals surface area contributed by atoms with E-state index >= 15 is 0 Å². The van der Waals surface area contributed by atoms with Crippen molar-refractivity contribution in [2.24, 2.45) is 0 Å². The van der Waals surface area contributed by atoms with E-state index in [-0.39, 0.29) is 6.42 Å². The van der Waals surface area contributed by atoms with E-state index in [2.05, 4.69) is 10.3 Å². The standard InChI is InChI=1S/C22H21ClN2O5S/c1-13(21(27)25-17-7-5-4-6-16(17)23)30-20(26)11-15-12-31-22(24-15)14-8-9-18(28-2)19(10-14)29-3/h4-10,12-13H,11H2,1-3H3,(H,25,27). The highest BCUT2D eigenvalue weighted by atomic mass is 35.5. The van der Waals surface area contributed by atoms with Gasteiger partial charge >= 0.3 is 5.97 Å². The van der Waals surface area contributed by atoms with E-state index in [1.807, 2.05) is 12.1 Å². The number of methoxy groups -OCH3 is 2. The van der Waals surface area contributed by atoms with Crippen molar-refractivity contribution in [3.8, 4) is 22.1 Å². The molecule has 1 amide bonds. The van der Waals surface area contributed by atoms with Crippen LogP contribution in [-0.2, 0) is 20.7 Å². The fraction of sp³-hybridized carbons (Fsp3) is 0.227. The fourth-order valence-electron chi connectivity index (χ4n) is 2.73. The van der Waals surface area contributed by atoms with Crippen LogP contribution in [0.15, 0.2) is 47.8 Å². The van der Waals surface area contributed by atoms with Gasteiger partial charge in [-0.3, -0.25) is 9.59 Å². The summed E-state index contributed by atoms with van der Waals surface area (Å²) in [4.78, 5) is 29.0. The Kier molecular flexibility index (Phi) is 7.49.